The van der Waals surface area contributed by atoms with Crippen molar-refractivity contribution in [3.63, 3.8) is 0 Å². The Kier molecular flexibility index (Phi) is 3.82. The lowest BCUT2D eigenvalue weighted by atomic mass is 9.93. The maximum absolute atomic E-state index is 12.0. The molecule has 5 nitrogen and oxygen atoms in total. The van der Waals surface area contributed by atoms with Crippen LogP contribution in [0.15, 0.2) is 39.9 Å². The highest BCUT2D eigenvalue weighted by atomic mass is 79.9. The Hall–Kier alpha value is -1.69. The lowest BCUT2D eigenvalue weighted by Gasteiger charge is -2.27. The molecule has 3 rings (SSSR count). The highest BCUT2D eigenvalue weighted by Gasteiger charge is 2.17. The summed E-state index contributed by atoms with van der Waals surface area (Å²) in [7, 11) is 0. The molecule has 104 valence electrons. The van der Waals surface area contributed by atoms with Crippen molar-refractivity contribution in [2.24, 2.45) is 0 Å². The van der Waals surface area contributed by atoms with Crippen LogP contribution >= 0.6 is 15.9 Å². The van der Waals surface area contributed by atoms with Gasteiger partial charge in [-0.05, 0) is 47.3 Å². The molecule has 6 heteroatoms. The van der Waals surface area contributed by atoms with Crippen LogP contribution in [0.3, 0.4) is 0 Å². The summed E-state index contributed by atoms with van der Waals surface area (Å²) in [5, 5.41) is 7.52. The van der Waals surface area contributed by atoms with Crippen molar-refractivity contribution in [3.05, 3.63) is 51.1 Å². The Balaban J connectivity index is 1.73. The van der Waals surface area contributed by atoms with Crippen LogP contribution in [0.2, 0.25) is 0 Å². The van der Waals surface area contributed by atoms with E-state index in [1.807, 2.05) is 12.1 Å². The summed E-state index contributed by atoms with van der Waals surface area (Å²) in [6.07, 6.45) is 7.03. The minimum Gasteiger partial charge on any atom is -0.381 e. The van der Waals surface area contributed by atoms with Gasteiger partial charge in [-0.15, -0.1) is 0 Å². The van der Waals surface area contributed by atoms with E-state index in [1.54, 1.807) is 18.5 Å². The van der Waals surface area contributed by atoms with Crippen molar-refractivity contribution in [2.75, 3.05) is 5.32 Å². The van der Waals surface area contributed by atoms with Crippen molar-refractivity contribution in [1.82, 2.24) is 14.8 Å². The third kappa shape index (κ3) is 3.07. The molecule has 0 radical (unpaired) electrons. The predicted molar refractivity (Wildman–Crippen MR) is 80.8 cm³/mol. The number of anilines is 1. The summed E-state index contributed by atoms with van der Waals surface area (Å²) in [5.74, 6) is 0. The molecule has 0 atom stereocenters. The summed E-state index contributed by atoms with van der Waals surface area (Å²) in [4.78, 5) is 16.3. The van der Waals surface area contributed by atoms with Gasteiger partial charge in [0.2, 0.25) is 0 Å². The van der Waals surface area contributed by atoms with Gasteiger partial charge >= 0.3 is 0 Å². The van der Waals surface area contributed by atoms with E-state index in [-0.39, 0.29) is 5.56 Å². The first-order valence-electron chi connectivity index (χ1n) is 6.65. The molecule has 2 aromatic heterocycles. The molecule has 0 amide bonds. The fourth-order valence-electron chi connectivity index (χ4n) is 2.07. The lowest BCUT2D eigenvalue weighted by molar-refractivity contribution is 0.445. The van der Waals surface area contributed by atoms with E-state index in [2.05, 4.69) is 31.3 Å². The molecule has 20 heavy (non-hydrogen) atoms. The van der Waals surface area contributed by atoms with Crippen LogP contribution in [0.5, 0.6) is 0 Å². The first-order valence-corrected chi connectivity index (χ1v) is 7.44. The molecule has 1 N–H and O–H groups in total. The monoisotopic (exact) mass is 334 g/mol. The molecule has 0 bridgehead atoms. The fraction of sp³-hybridized carbons (Fsp3) is 0.357. The first kappa shape index (κ1) is 13.3. The molecule has 1 saturated carbocycles. The number of aromatic nitrogens is 3. The minimum absolute atomic E-state index is 0.112. The highest BCUT2D eigenvalue weighted by molar-refractivity contribution is 9.10. The SMILES string of the molecule is O=c1cc(NC2CCC2)cnn1Cc1ccc(Br)cn1. The summed E-state index contributed by atoms with van der Waals surface area (Å²) in [5.41, 5.74) is 1.50. The number of rotatable bonds is 4. The molecular weight excluding hydrogens is 320 g/mol. The maximum Gasteiger partial charge on any atom is 0.269 e. The van der Waals surface area contributed by atoms with E-state index in [0.717, 1.165) is 15.9 Å². The molecule has 0 unspecified atom stereocenters. The van der Waals surface area contributed by atoms with Gasteiger partial charge in [0, 0.05) is 22.8 Å². The van der Waals surface area contributed by atoms with Crippen molar-refractivity contribution >= 4 is 21.6 Å². The Morgan fingerprint density at radius 3 is 2.80 bits per heavy atom. The van der Waals surface area contributed by atoms with Gasteiger partial charge in [0.1, 0.15) is 0 Å². The lowest BCUT2D eigenvalue weighted by Crippen LogP contribution is -2.29. The molecule has 1 aliphatic rings. The molecule has 1 aliphatic carbocycles. The fourth-order valence-corrected chi connectivity index (χ4v) is 2.31. The maximum atomic E-state index is 12.0. The van der Waals surface area contributed by atoms with Crippen molar-refractivity contribution in [1.29, 1.82) is 0 Å². The second kappa shape index (κ2) is 5.75. The topological polar surface area (TPSA) is 59.8 Å². The quantitative estimate of drug-likeness (QED) is 0.932. The van der Waals surface area contributed by atoms with Gasteiger partial charge in [-0.3, -0.25) is 9.78 Å². The Labute approximate surface area is 125 Å². The number of hydrogen-bond donors (Lipinski definition) is 1. The molecule has 1 fully saturated rings. The zero-order valence-electron chi connectivity index (χ0n) is 10.9. The average molecular weight is 335 g/mol. The number of nitrogens with zero attached hydrogens (tertiary/aromatic N) is 3. The Bertz CT molecular complexity index is 649. The minimum atomic E-state index is -0.112. The average Bonchev–Trinajstić information content (AvgIpc) is 2.39. The highest BCUT2D eigenvalue weighted by Crippen LogP contribution is 2.22. The first-order chi connectivity index (χ1) is 9.70. The number of nitrogens with one attached hydrogen (secondary N) is 1. The summed E-state index contributed by atoms with van der Waals surface area (Å²) >= 11 is 3.34. The van der Waals surface area contributed by atoms with Gasteiger partial charge < -0.3 is 5.32 Å². The summed E-state index contributed by atoms with van der Waals surface area (Å²) in [6.45, 7) is 0.385. The second-order valence-corrected chi connectivity index (χ2v) is 5.90. The predicted octanol–water partition coefficient (Wildman–Crippen LogP) is 2.41. The van der Waals surface area contributed by atoms with Crippen LogP contribution in [0.25, 0.3) is 0 Å². The van der Waals surface area contributed by atoms with Gasteiger partial charge in [-0.1, -0.05) is 0 Å². The molecule has 0 saturated heterocycles. The smallest absolute Gasteiger partial charge is 0.269 e. The molecule has 0 spiro atoms. The zero-order chi connectivity index (χ0) is 13.9. The van der Waals surface area contributed by atoms with Crippen molar-refractivity contribution in [2.45, 2.75) is 31.8 Å². The molecule has 2 heterocycles. The van der Waals surface area contributed by atoms with E-state index in [1.165, 1.54) is 23.9 Å². The molecular formula is C14H15BrN4O. The molecule has 0 aliphatic heterocycles. The summed E-state index contributed by atoms with van der Waals surface area (Å²) < 4.78 is 2.34. The van der Waals surface area contributed by atoms with Gasteiger partial charge in [-0.2, -0.15) is 5.10 Å². The van der Waals surface area contributed by atoms with Crippen LogP contribution in [0.4, 0.5) is 5.69 Å². The van der Waals surface area contributed by atoms with E-state index in [4.69, 9.17) is 0 Å². The largest absolute Gasteiger partial charge is 0.381 e. The summed E-state index contributed by atoms with van der Waals surface area (Å²) in [6, 6.07) is 5.88. The van der Waals surface area contributed by atoms with Crippen LogP contribution in [0.1, 0.15) is 25.0 Å². The van der Waals surface area contributed by atoms with E-state index < -0.39 is 0 Å². The molecule has 2 aromatic rings. The number of hydrogen-bond acceptors (Lipinski definition) is 4. The Morgan fingerprint density at radius 1 is 1.35 bits per heavy atom. The molecule has 0 aromatic carbocycles. The normalized spacial score (nSPS) is 14.8. The zero-order valence-corrected chi connectivity index (χ0v) is 12.5. The van der Waals surface area contributed by atoms with E-state index in [0.29, 0.717) is 12.6 Å². The van der Waals surface area contributed by atoms with Crippen LogP contribution < -0.4 is 10.9 Å². The van der Waals surface area contributed by atoms with Crippen molar-refractivity contribution < 1.29 is 0 Å². The van der Waals surface area contributed by atoms with Gasteiger partial charge in [-0.25, -0.2) is 4.68 Å². The van der Waals surface area contributed by atoms with Gasteiger partial charge in [0.05, 0.1) is 24.1 Å². The third-order valence-electron chi connectivity index (χ3n) is 3.45. The second-order valence-electron chi connectivity index (χ2n) is 4.98. The number of halogens is 1. The number of pyridine rings is 1. The third-order valence-corrected chi connectivity index (χ3v) is 3.92. The standard InChI is InChI=1S/C14H15BrN4O/c15-10-4-5-12(16-7-10)9-19-14(20)6-13(8-17-19)18-11-2-1-3-11/h4-8,11,18H,1-3,9H2. The van der Waals surface area contributed by atoms with Crippen LogP contribution in [0, 0.1) is 0 Å². The van der Waals surface area contributed by atoms with Gasteiger partial charge in [0.25, 0.3) is 5.56 Å². The van der Waals surface area contributed by atoms with Crippen LogP contribution in [-0.2, 0) is 6.54 Å². The Morgan fingerprint density at radius 2 is 2.20 bits per heavy atom. The van der Waals surface area contributed by atoms with Gasteiger partial charge in [0.15, 0.2) is 0 Å². The van der Waals surface area contributed by atoms with E-state index >= 15 is 0 Å². The van der Waals surface area contributed by atoms with Crippen LogP contribution in [-0.4, -0.2) is 20.8 Å². The van der Waals surface area contributed by atoms with E-state index in [9.17, 15) is 4.79 Å². The van der Waals surface area contributed by atoms with Crippen molar-refractivity contribution in [3.8, 4) is 0 Å².